The van der Waals surface area contributed by atoms with Crippen LogP contribution in [0.2, 0.25) is 0 Å². The van der Waals surface area contributed by atoms with Crippen molar-refractivity contribution in [2.24, 2.45) is 0 Å². The number of carbonyl (C=O) groups excluding carboxylic acids is 1. The molecule has 0 saturated carbocycles. The van der Waals surface area contributed by atoms with Crippen molar-refractivity contribution in [3.05, 3.63) is 48.5 Å². The molecule has 1 unspecified atom stereocenters. The normalized spacial score (nSPS) is 11.9. The van der Waals surface area contributed by atoms with Crippen molar-refractivity contribution < 1.29 is 14.6 Å². The van der Waals surface area contributed by atoms with Crippen molar-refractivity contribution in [2.75, 3.05) is 13.2 Å². The number of benzene rings is 1. The molecule has 0 bridgehead atoms. The van der Waals surface area contributed by atoms with Gasteiger partial charge in [0.15, 0.2) is 6.10 Å². The Morgan fingerprint density at radius 3 is 3.00 bits per heavy atom. The van der Waals surface area contributed by atoms with E-state index in [0.29, 0.717) is 12.3 Å². The van der Waals surface area contributed by atoms with Gasteiger partial charge in [0.2, 0.25) is 0 Å². The summed E-state index contributed by atoms with van der Waals surface area (Å²) in [4.78, 5) is 15.7. The number of aromatic nitrogens is 2. The molecule has 2 N–H and O–H groups in total. The Hall–Kier alpha value is -2.34. The second-order valence-electron chi connectivity index (χ2n) is 5.04. The molecular weight excluding hydrogens is 282 g/mol. The van der Waals surface area contributed by atoms with E-state index in [1.807, 2.05) is 42.0 Å². The summed E-state index contributed by atoms with van der Waals surface area (Å²) in [5.74, 6) is 0.258. The lowest BCUT2D eigenvalue weighted by Gasteiger charge is -2.14. The van der Waals surface area contributed by atoms with Crippen LogP contribution in [0.5, 0.6) is 5.75 Å². The first-order valence-corrected chi connectivity index (χ1v) is 7.27. The molecule has 22 heavy (non-hydrogen) atoms. The Morgan fingerprint density at radius 2 is 2.27 bits per heavy atom. The molecule has 1 amide bonds. The number of para-hydroxylation sites is 1. The summed E-state index contributed by atoms with van der Waals surface area (Å²) < 4.78 is 7.40. The number of hydrogen-bond donors (Lipinski definition) is 2. The highest BCUT2D eigenvalue weighted by Gasteiger charge is 2.15. The molecule has 6 heteroatoms. The number of aryl methyl sites for hydroxylation is 2. The van der Waals surface area contributed by atoms with E-state index in [9.17, 15) is 9.90 Å². The van der Waals surface area contributed by atoms with Crippen LogP contribution in [-0.2, 0) is 11.3 Å². The van der Waals surface area contributed by atoms with Crippen LogP contribution in [-0.4, -0.2) is 39.8 Å². The summed E-state index contributed by atoms with van der Waals surface area (Å²) in [6.07, 6.45) is 4.91. The zero-order valence-electron chi connectivity index (χ0n) is 12.6. The molecule has 0 aliphatic rings. The molecule has 0 fully saturated rings. The maximum Gasteiger partial charge on any atom is 0.252 e. The van der Waals surface area contributed by atoms with Gasteiger partial charge in [-0.3, -0.25) is 4.79 Å². The Bertz CT molecular complexity index is 584. The Balaban J connectivity index is 1.65. The summed E-state index contributed by atoms with van der Waals surface area (Å²) in [6, 6.07) is 7.49. The van der Waals surface area contributed by atoms with Crippen molar-refractivity contribution in [1.82, 2.24) is 14.9 Å². The van der Waals surface area contributed by atoms with Crippen LogP contribution in [0.25, 0.3) is 0 Å². The minimum atomic E-state index is -1.17. The third kappa shape index (κ3) is 4.89. The van der Waals surface area contributed by atoms with Crippen LogP contribution in [0.3, 0.4) is 0 Å². The average molecular weight is 303 g/mol. The fourth-order valence-electron chi connectivity index (χ4n) is 1.97. The van der Waals surface area contributed by atoms with Crippen LogP contribution in [0.1, 0.15) is 12.0 Å². The second kappa shape index (κ2) is 8.19. The molecule has 6 nitrogen and oxygen atoms in total. The Kier molecular flexibility index (Phi) is 5.97. The van der Waals surface area contributed by atoms with E-state index in [0.717, 1.165) is 18.5 Å². The number of rotatable bonds is 8. The summed E-state index contributed by atoms with van der Waals surface area (Å²) in [7, 11) is 0. The van der Waals surface area contributed by atoms with Crippen molar-refractivity contribution in [1.29, 1.82) is 0 Å². The molecule has 0 aliphatic heterocycles. The number of hydrogen-bond acceptors (Lipinski definition) is 4. The second-order valence-corrected chi connectivity index (χ2v) is 5.04. The quantitative estimate of drug-likeness (QED) is 0.717. The third-order valence-corrected chi connectivity index (χ3v) is 3.24. The Labute approximate surface area is 129 Å². The maximum atomic E-state index is 11.8. The van der Waals surface area contributed by atoms with Gasteiger partial charge in [-0.05, 0) is 25.0 Å². The van der Waals surface area contributed by atoms with Gasteiger partial charge in [-0.1, -0.05) is 18.2 Å². The van der Waals surface area contributed by atoms with E-state index in [1.165, 1.54) is 0 Å². The highest BCUT2D eigenvalue weighted by molar-refractivity contribution is 5.80. The zero-order valence-corrected chi connectivity index (χ0v) is 12.6. The molecule has 0 radical (unpaired) electrons. The number of aliphatic hydroxyl groups excluding tert-OH is 1. The lowest BCUT2D eigenvalue weighted by atomic mass is 10.2. The first-order chi connectivity index (χ1) is 10.7. The predicted molar refractivity (Wildman–Crippen MR) is 82.5 cm³/mol. The van der Waals surface area contributed by atoms with Gasteiger partial charge < -0.3 is 19.7 Å². The van der Waals surface area contributed by atoms with E-state index < -0.39 is 12.0 Å². The smallest absolute Gasteiger partial charge is 0.252 e. The van der Waals surface area contributed by atoms with Gasteiger partial charge in [-0.25, -0.2) is 4.98 Å². The van der Waals surface area contributed by atoms with Gasteiger partial charge in [0.25, 0.3) is 5.91 Å². The number of aliphatic hydroxyl groups is 1. The predicted octanol–water partition coefficient (Wildman–Crippen LogP) is 1.14. The van der Waals surface area contributed by atoms with Crippen molar-refractivity contribution in [3.8, 4) is 5.75 Å². The summed E-state index contributed by atoms with van der Waals surface area (Å²) in [6.45, 7) is 3.13. The van der Waals surface area contributed by atoms with E-state index in [4.69, 9.17) is 4.74 Å². The van der Waals surface area contributed by atoms with Gasteiger partial charge >= 0.3 is 0 Å². The highest BCUT2D eigenvalue weighted by atomic mass is 16.5. The summed E-state index contributed by atoms with van der Waals surface area (Å²) in [5, 5.41) is 12.5. The topological polar surface area (TPSA) is 76.4 Å². The molecule has 0 aliphatic carbocycles. The summed E-state index contributed by atoms with van der Waals surface area (Å²) in [5.41, 5.74) is 0.968. The standard InChI is InChI=1S/C16H21N3O3/c1-13-5-2-3-6-15(13)22-11-14(20)16(21)18-7-4-9-19-10-8-17-12-19/h2-3,5-6,8,10,12,14,20H,4,7,9,11H2,1H3,(H,18,21). The van der Waals surface area contributed by atoms with Gasteiger partial charge in [-0.2, -0.15) is 0 Å². The summed E-state index contributed by atoms with van der Waals surface area (Å²) >= 11 is 0. The number of nitrogens with one attached hydrogen (secondary N) is 1. The van der Waals surface area contributed by atoms with Crippen LogP contribution >= 0.6 is 0 Å². The molecule has 0 saturated heterocycles. The number of nitrogens with zero attached hydrogens (tertiary/aromatic N) is 2. The number of amides is 1. The minimum Gasteiger partial charge on any atom is -0.490 e. The fourth-order valence-corrected chi connectivity index (χ4v) is 1.97. The van der Waals surface area contributed by atoms with E-state index >= 15 is 0 Å². The lowest BCUT2D eigenvalue weighted by molar-refractivity contribution is -0.130. The molecule has 2 rings (SSSR count). The molecular formula is C16H21N3O3. The van der Waals surface area contributed by atoms with Gasteiger partial charge in [0.1, 0.15) is 12.4 Å². The SMILES string of the molecule is Cc1ccccc1OCC(O)C(=O)NCCCn1ccnc1. The van der Waals surface area contributed by atoms with Crippen LogP contribution in [0.15, 0.2) is 43.0 Å². The minimum absolute atomic E-state index is 0.0573. The van der Waals surface area contributed by atoms with Gasteiger partial charge in [0.05, 0.1) is 6.33 Å². The van der Waals surface area contributed by atoms with Gasteiger partial charge in [-0.15, -0.1) is 0 Å². The molecule has 1 atom stereocenters. The van der Waals surface area contributed by atoms with Crippen molar-refractivity contribution in [3.63, 3.8) is 0 Å². The number of carbonyl (C=O) groups is 1. The van der Waals surface area contributed by atoms with Crippen LogP contribution < -0.4 is 10.1 Å². The fraction of sp³-hybridized carbons (Fsp3) is 0.375. The van der Waals surface area contributed by atoms with E-state index in [1.54, 1.807) is 12.5 Å². The molecule has 118 valence electrons. The Morgan fingerprint density at radius 1 is 1.45 bits per heavy atom. The largest absolute Gasteiger partial charge is 0.490 e. The lowest BCUT2D eigenvalue weighted by Crippen LogP contribution is -2.38. The number of imidazole rings is 1. The first-order valence-electron chi connectivity index (χ1n) is 7.27. The molecule has 1 aromatic carbocycles. The first kappa shape index (κ1) is 16.0. The van der Waals surface area contributed by atoms with E-state index in [-0.39, 0.29) is 6.61 Å². The van der Waals surface area contributed by atoms with E-state index in [2.05, 4.69) is 10.3 Å². The molecule has 2 aromatic rings. The molecule has 1 aromatic heterocycles. The molecule has 0 spiro atoms. The number of ether oxygens (including phenoxy) is 1. The average Bonchev–Trinajstić information content (AvgIpc) is 3.03. The van der Waals surface area contributed by atoms with Crippen molar-refractivity contribution >= 4 is 5.91 Å². The molecule has 1 heterocycles. The monoisotopic (exact) mass is 303 g/mol. The van der Waals surface area contributed by atoms with Crippen molar-refractivity contribution in [2.45, 2.75) is 26.0 Å². The van der Waals surface area contributed by atoms with Crippen LogP contribution in [0, 0.1) is 6.92 Å². The zero-order chi connectivity index (χ0) is 15.8. The van der Waals surface area contributed by atoms with Gasteiger partial charge in [0, 0.05) is 25.5 Å². The third-order valence-electron chi connectivity index (χ3n) is 3.24. The van der Waals surface area contributed by atoms with Crippen LogP contribution in [0.4, 0.5) is 0 Å². The maximum absolute atomic E-state index is 11.8. The highest BCUT2D eigenvalue weighted by Crippen LogP contribution is 2.16.